The second-order valence-electron chi connectivity index (χ2n) is 9.69. The van der Waals surface area contributed by atoms with E-state index in [4.69, 9.17) is 4.74 Å². The molecule has 35 heavy (non-hydrogen) atoms. The summed E-state index contributed by atoms with van der Waals surface area (Å²) in [5, 5.41) is 21.2. The smallest absolute Gasteiger partial charge is 0.336 e. The van der Waals surface area contributed by atoms with Crippen molar-refractivity contribution in [2.24, 2.45) is 11.3 Å². The zero-order valence-electron chi connectivity index (χ0n) is 20.0. The number of nitrogens with zero attached hydrogens (tertiary/aromatic N) is 7. The lowest BCUT2D eigenvalue weighted by Gasteiger charge is -2.34. The summed E-state index contributed by atoms with van der Waals surface area (Å²) >= 11 is 0. The molecule has 5 rings (SSSR count). The average molecular weight is 481 g/mol. The van der Waals surface area contributed by atoms with Gasteiger partial charge in [-0.2, -0.15) is 4.68 Å². The molecule has 1 aliphatic carbocycles. The van der Waals surface area contributed by atoms with Gasteiger partial charge in [-0.15, -0.1) is 5.10 Å². The van der Waals surface area contributed by atoms with Crippen LogP contribution in [0.25, 0.3) is 5.82 Å². The standard InChI is InChI=1S/C24H30N7O4/c1-16-20(14-35-22(16)33)30-10-9-24(23(30)34)7-5-17(6-8-24)12-29(2)19(13-32)18-3-4-21(25-11-18)31-15-26-27-28-31/h3-4,11-12,15,17,19,32H,5-10,13-14H2,1-2H3/q+1. The lowest BCUT2D eigenvalue weighted by molar-refractivity contribution is -0.545. The molecular formula is C24H30N7O4+. The van der Waals surface area contributed by atoms with E-state index < -0.39 is 0 Å². The first-order valence-electron chi connectivity index (χ1n) is 12.0. The van der Waals surface area contributed by atoms with Crippen molar-refractivity contribution in [2.75, 3.05) is 26.8 Å². The van der Waals surface area contributed by atoms with Crippen LogP contribution in [0.3, 0.4) is 0 Å². The van der Waals surface area contributed by atoms with Gasteiger partial charge in [-0.05, 0) is 61.6 Å². The van der Waals surface area contributed by atoms with Gasteiger partial charge in [-0.25, -0.2) is 14.4 Å². The highest BCUT2D eigenvalue weighted by Crippen LogP contribution is 2.47. The van der Waals surface area contributed by atoms with Crippen molar-refractivity contribution in [3.8, 4) is 5.82 Å². The van der Waals surface area contributed by atoms with Gasteiger partial charge in [0.2, 0.25) is 11.9 Å². The Bertz CT molecular complexity index is 1160. The zero-order valence-corrected chi connectivity index (χ0v) is 20.0. The third-order valence-corrected chi connectivity index (χ3v) is 7.75. The van der Waals surface area contributed by atoms with Crippen LogP contribution >= 0.6 is 0 Å². The van der Waals surface area contributed by atoms with Gasteiger partial charge in [0.05, 0.1) is 16.7 Å². The average Bonchev–Trinajstić information content (AvgIpc) is 3.59. The molecule has 0 aromatic carbocycles. The van der Waals surface area contributed by atoms with Crippen LogP contribution in [-0.4, -0.2) is 84.7 Å². The van der Waals surface area contributed by atoms with E-state index in [9.17, 15) is 14.7 Å². The van der Waals surface area contributed by atoms with E-state index in [0.29, 0.717) is 23.9 Å². The maximum Gasteiger partial charge on any atom is 0.336 e. The number of cyclic esters (lactones) is 1. The van der Waals surface area contributed by atoms with Crippen LogP contribution in [0.5, 0.6) is 0 Å². The van der Waals surface area contributed by atoms with Crippen LogP contribution in [0.1, 0.15) is 50.6 Å². The highest BCUT2D eigenvalue weighted by atomic mass is 16.5. The van der Waals surface area contributed by atoms with Gasteiger partial charge in [-0.1, -0.05) is 0 Å². The number of aliphatic hydroxyl groups is 1. The van der Waals surface area contributed by atoms with Gasteiger partial charge in [-0.3, -0.25) is 4.79 Å². The largest absolute Gasteiger partial charge is 0.456 e. The fourth-order valence-corrected chi connectivity index (χ4v) is 5.53. The Kier molecular flexibility index (Phi) is 6.18. The maximum absolute atomic E-state index is 13.4. The Morgan fingerprint density at radius 1 is 1.29 bits per heavy atom. The summed E-state index contributed by atoms with van der Waals surface area (Å²) in [6.07, 6.45) is 9.67. The molecular weight excluding hydrogens is 450 g/mol. The summed E-state index contributed by atoms with van der Waals surface area (Å²) in [6, 6.07) is 3.52. The van der Waals surface area contributed by atoms with Crippen LogP contribution in [0.15, 0.2) is 35.9 Å². The van der Waals surface area contributed by atoms with Crippen molar-refractivity contribution >= 4 is 18.1 Å². The molecule has 184 valence electrons. The van der Waals surface area contributed by atoms with Crippen molar-refractivity contribution < 1.29 is 24.0 Å². The Morgan fingerprint density at radius 2 is 2.09 bits per heavy atom. The molecule has 2 aromatic rings. The Morgan fingerprint density at radius 3 is 2.69 bits per heavy atom. The number of aromatic nitrogens is 5. The minimum Gasteiger partial charge on any atom is -0.456 e. The number of tetrazole rings is 1. The van der Waals surface area contributed by atoms with Crippen molar-refractivity contribution in [3.05, 3.63) is 41.5 Å². The van der Waals surface area contributed by atoms with Crippen LogP contribution < -0.4 is 0 Å². The number of amides is 1. The van der Waals surface area contributed by atoms with Crippen molar-refractivity contribution in [1.29, 1.82) is 0 Å². The van der Waals surface area contributed by atoms with Crippen molar-refractivity contribution in [2.45, 2.75) is 45.1 Å². The number of aliphatic hydroxyl groups excluding tert-OH is 1. The number of carbonyl (C=O) groups excluding carboxylic acids is 2. The third kappa shape index (κ3) is 4.24. The number of ether oxygens (including phenoxy) is 1. The molecule has 2 fully saturated rings. The first-order valence-corrected chi connectivity index (χ1v) is 12.0. The van der Waals surface area contributed by atoms with E-state index in [1.54, 1.807) is 18.0 Å². The number of carbonyl (C=O) groups is 2. The topological polar surface area (TPSA) is 126 Å². The summed E-state index contributed by atoms with van der Waals surface area (Å²) < 4.78 is 8.65. The quantitative estimate of drug-likeness (QED) is 0.369. The van der Waals surface area contributed by atoms with E-state index in [2.05, 4.69) is 31.3 Å². The first-order chi connectivity index (χ1) is 16.9. The predicted octanol–water partition coefficient (Wildman–Crippen LogP) is 1.04. The minimum atomic E-state index is -0.339. The molecule has 1 saturated carbocycles. The number of hydrogen-bond acceptors (Lipinski definition) is 8. The van der Waals surface area contributed by atoms with Gasteiger partial charge in [0.25, 0.3) is 0 Å². The molecule has 4 heterocycles. The second kappa shape index (κ2) is 9.29. The number of esters is 1. The molecule has 3 aliphatic rings. The number of hydrogen-bond donors (Lipinski definition) is 1. The number of likely N-dealkylation sites (tertiary alicyclic amines) is 1. The molecule has 2 aromatic heterocycles. The first kappa shape index (κ1) is 23.3. The Hall–Kier alpha value is -3.47. The summed E-state index contributed by atoms with van der Waals surface area (Å²) in [5.74, 6) is 0.745. The molecule has 1 saturated heterocycles. The summed E-state index contributed by atoms with van der Waals surface area (Å²) in [6.45, 7) is 2.54. The summed E-state index contributed by atoms with van der Waals surface area (Å²) in [4.78, 5) is 31.3. The van der Waals surface area contributed by atoms with Crippen LogP contribution in [0.4, 0.5) is 0 Å². The van der Waals surface area contributed by atoms with Crippen molar-refractivity contribution in [1.82, 2.24) is 30.1 Å². The molecule has 1 spiro atoms. The van der Waals surface area contributed by atoms with Gasteiger partial charge in [0, 0.05) is 24.2 Å². The van der Waals surface area contributed by atoms with Crippen molar-refractivity contribution in [3.63, 3.8) is 0 Å². The fraction of sp³-hybridized carbons (Fsp3) is 0.542. The molecule has 0 bridgehead atoms. The number of pyridine rings is 1. The lowest BCUT2D eigenvalue weighted by atomic mass is 9.69. The van der Waals surface area contributed by atoms with E-state index in [0.717, 1.165) is 43.4 Å². The minimum absolute atomic E-state index is 0.0434. The zero-order chi connectivity index (χ0) is 24.6. The lowest BCUT2D eigenvalue weighted by Crippen LogP contribution is -2.38. The molecule has 2 aliphatic heterocycles. The third-order valence-electron chi connectivity index (χ3n) is 7.75. The monoisotopic (exact) mass is 480 g/mol. The van der Waals surface area contributed by atoms with Crippen LogP contribution in [0.2, 0.25) is 0 Å². The van der Waals surface area contributed by atoms with E-state index in [-0.39, 0.29) is 36.5 Å². The summed E-state index contributed by atoms with van der Waals surface area (Å²) in [7, 11) is 1.97. The molecule has 11 heteroatoms. The predicted molar refractivity (Wildman–Crippen MR) is 123 cm³/mol. The highest BCUT2D eigenvalue weighted by molar-refractivity contribution is 5.94. The second-order valence-corrected chi connectivity index (χ2v) is 9.69. The molecule has 0 radical (unpaired) electrons. The van der Waals surface area contributed by atoms with Crippen LogP contribution in [0, 0.1) is 11.3 Å². The fourth-order valence-electron chi connectivity index (χ4n) is 5.53. The van der Waals surface area contributed by atoms with Gasteiger partial charge in [0.15, 0.2) is 5.82 Å². The molecule has 11 nitrogen and oxygen atoms in total. The number of rotatable bonds is 6. The molecule has 1 atom stereocenters. The van der Waals surface area contributed by atoms with Gasteiger partial charge < -0.3 is 14.7 Å². The highest BCUT2D eigenvalue weighted by Gasteiger charge is 2.50. The number of likely N-dealkylation sites (N-methyl/N-ethyl adjacent to an activating group) is 1. The summed E-state index contributed by atoms with van der Waals surface area (Å²) in [5.41, 5.74) is 1.84. The maximum atomic E-state index is 13.4. The Balaban J connectivity index is 1.24. The molecule has 1 unspecified atom stereocenters. The van der Waals surface area contributed by atoms with E-state index >= 15 is 0 Å². The van der Waals surface area contributed by atoms with Gasteiger partial charge in [0.1, 0.15) is 32.8 Å². The SMILES string of the molecule is CC1=C(N2CCC3(CCC(C=[N+](C)C(CO)c4ccc(-n5cnnn5)nc4)CC3)C2=O)COC1=O. The normalized spacial score (nSPS) is 26.1. The van der Waals surface area contributed by atoms with Crippen LogP contribution in [-0.2, 0) is 14.3 Å². The van der Waals surface area contributed by atoms with E-state index in [1.165, 1.54) is 11.0 Å². The van der Waals surface area contributed by atoms with Gasteiger partial charge >= 0.3 is 5.97 Å². The molecule has 1 amide bonds. The van der Waals surface area contributed by atoms with E-state index in [1.807, 2.05) is 19.2 Å². The molecule has 1 N–H and O–H groups in total. The Labute approximate surface area is 203 Å².